The maximum atomic E-state index is 10.8. The van der Waals surface area contributed by atoms with Crippen LogP contribution in [0.2, 0.25) is 0 Å². The minimum atomic E-state index is -0.290. The molecule has 1 aromatic heterocycles. The Bertz CT molecular complexity index is 301. The van der Waals surface area contributed by atoms with Crippen LogP contribution in [0.5, 0.6) is 0 Å². The zero-order valence-electron chi connectivity index (χ0n) is 6.86. The van der Waals surface area contributed by atoms with E-state index in [-0.39, 0.29) is 12.3 Å². The fraction of sp³-hybridized carbons (Fsp3) is 0.429. The van der Waals surface area contributed by atoms with E-state index in [1.54, 1.807) is 6.07 Å². The zero-order valence-corrected chi connectivity index (χ0v) is 6.86. The Balaban J connectivity index is 2.15. The van der Waals surface area contributed by atoms with Crippen LogP contribution in [0.4, 0.5) is 0 Å². The molecule has 68 valence electrons. The van der Waals surface area contributed by atoms with E-state index in [0.717, 1.165) is 0 Å². The van der Waals surface area contributed by atoms with E-state index < -0.39 is 0 Å². The summed E-state index contributed by atoms with van der Waals surface area (Å²) in [5.74, 6) is 0.180. The van der Waals surface area contributed by atoms with Gasteiger partial charge in [0.1, 0.15) is 6.42 Å². The van der Waals surface area contributed by atoms with Crippen LogP contribution in [0.25, 0.3) is 0 Å². The van der Waals surface area contributed by atoms with Gasteiger partial charge >= 0.3 is 0 Å². The Labute approximate surface area is 74.5 Å². The quantitative estimate of drug-likeness (QED) is 0.683. The van der Waals surface area contributed by atoms with Crippen molar-refractivity contribution >= 4 is 5.91 Å². The molecule has 0 saturated heterocycles. The van der Waals surface area contributed by atoms with Gasteiger partial charge in [-0.3, -0.25) is 4.79 Å². The third kappa shape index (κ3) is 3.33. The topological polar surface area (TPSA) is 91.8 Å². The molecule has 0 aromatic carbocycles. The van der Waals surface area contributed by atoms with Crippen LogP contribution in [0, 0.1) is 11.3 Å². The molecular weight excluding hydrogens is 172 g/mol. The van der Waals surface area contributed by atoms with E-state index in [1.807, 2.05) is 0 Å². The summed E-state index contributed by atoms with van der Waals surface area (Å²) >= 11 is 0. The van der Waals surface area contributed by atoms with Gasteiger partial charge in [-0.05, 0) is 0 Å². The summed E-state index contributed by atoms with van der Waals surface area (Å²) in [5, 5.41) is 14.1. The highest BCUT2D eigenvalue weighted by Gasteiger charge is 2.01. The molecule has 1 heterocycles. The summed E-state index contributed by atoms with van der Waals surface area (Å²) in [6.45, 7) is 0.405. The Hall–Kier alpha value is -1.90. The lowest BCUT2D eigenvalue weighted by Gasteiger charge is -1.97. The number of amides is 1. The lowest BCUT2D eigenvalue weighted by Crippen LogP contribution is -2.24. The fourth-order valence-electron chi connectivity index (χ4n) is 0.749. The number of nitrogens with zero attached hydrogens (tertiary/aromatic N) is 3. The van der Waals surface area contributed by atoms with Crippen molar-refractivity contribution in [2.24, 2.45) is 0 Å². The number of hydrogen-bond acceptors (Lipinski definition) is 5. The number of aromatic nitrogens is 2. The van der Waals surface area contributed by atoms with Gasteiger partial charge in [-0.25, -0.2) is 0 Å². The number of rotatable bonds is 4. The van der Waals surface area contributed by atoms with Crippen LogP contribution >= 0.6 is 0 Å². The molecular formula is C7H8N4O2. The van der Waals surface area contributed by atoms with E-state index in [4.69, 9.17) is 9.78 Å². The third-order valence-corrected chi connectivity index (χ3v) is 1.31. The van der Waals surface area contributed by atoms with Gasteiger partial charge in [-0.1, -0.05) is 5.16 Å². The number of nitrogens with one attached hydrogen (secondary N) is 1. The molecule has 0 unspecified atom stereocenters. The standard InChI is InChI=1S/C7H8N4O2/c8-3-1-6(12)9-4-2-7-10-5-11-13-7/h5H,1-2,4H2,(H,9,12). The largest absolute Gasteiger partial charge is 0.355 e. The normalized spacial score (nSPS) is 9.15. The van der Waals surface area contributed by atoms with Gasteiger partial charge in [0.05, 0.1) is 6.07 Å². The van der Waals surface area contributed by atoms with Crippen molar-refractivity contribution < 1.29 is 9.32 Å². The number of nitriles is 1. The SMILES string of the molecule is N#CCC(=O)NCCc1ncno1. The summed E-state index contributed by atoms with van der Waals surface area (Å²) in [7, 11) is 0. The molecule has 0 aliphatic heterocycles. The van der Waals surface area contributed by atoms with E-state index in [9.17, 15) is 4.79 Å². The van der Waals surface area contributed by atoms with Crippen LogP contribution in [-0.4, -0.2) is 22.6 Å². The molecule has 1 amide bonds. The van der Waals surface area contributed by atoms with E-state index in [0.29, 0.717) is 18.9 Å². The molecule has 6 heteroatoms. The van der Waals surface area contributed by atoms with Gasteiger partial charge < -0.3 is 9.84 Å². The minimum Gasteiger partial charge on any atom is -0.355 e. The number of hydrogen-bond donors (Lipinski definition) is 1. The molecule has 0 spiro atoms. The average molecular weight is 180 g/mol. The Morgan fingerprint density at radius 3 is 3.23 bits per heavy atom. The second-order valence-corrected chi connectivity index (χ2v) is 2.27. The van der Waals surface area contributed by atoms with Gasteiger partial charge in [0.2, 0.25) is 11.8 Å². The Morgan fingerprint density at radius 2 is 2.62 bits per heavy atom. The minimum absolute atomic E-state index is 0.121. The molecule has 0 atom stereocenters. The lowest BCUT2D eigenvalue weighted by atomic mass is 10.4. The van der Waals surface area contributed by atoms with Crippen molar-refractivity contribution in [3.05, 3.63) is 12.2 Å². The molecule has 0 saturated carbocycles. The second-order valence-electron chi connectivity index (χ2n) is 2.27. The van der Waals surface area contributed by atoms with Crippen molar-refractivity contribution in [1.29, 1.82) is 5.26 Å². The van der Waals surface area contributed by atoms with E-state index >= 15 is 0 Å². The molecule has 1 rings (SSSR count). The van der Waals surface area contributed by atoms with Crippen molar-refractivity contribution in [1.82, 2.24) is 15.5 Å². The van der Waals surface area contributed by atoms with E-state index in [1.165, 1.54) is 6.33 Å². The third-order valence-electron chi connectivity index (χ3n) is 1.31. The van der Waals surface area contributed by atoms with Crippen LogP contribution in [0.15, 0.2) is 10.9 Å². The first-order valence-electron chi connectivity index (χ1n) is 3.72. The molecule has 13 heavy (non-hydrogen) atoms. The Kier molecular flexibility index (Phi) is 3.45. The molecule has 0 fully saturated rings. The monoisotopic (exact) mass is 180 g/mol. The average Bonchev–Trinajstić information content (AvgIpc) is 2.57. The van der Waals surface area contributed by atoms with Gasteiger partial charge in [0.25, 0.3) is 0 Å². The number of carbonyl (C=O) groups is 1. The highest BCUT2D eigenvalue weighted by Crippen LogP contribution is 1.90. The van der Waals surface area contributed by atoms with Crippen LogP contribution < -0.4 is 5.32 Å². The molecule has 0 aliphatic carbocycles. The van der Waals surface area contributed by atoms with Crippen LogP contribution in [-0.2, 0) is 11.2 Å². The van der Waals surface area contributed by atoms with Crippen LogP contribution in [0.3, 0.4) is 0 Å². The lowest BCUT2D eigenvalue weighted by molar-refractivity contribution is -0.120. The number of carbonyl (C=O) groups excluding carboxylic acids is 1. The fourth-order valence-corrected chi connectivity index (χ4v) is 0.749. The summed E-state index contributed by atoms with van der Waals surface area (Å²) in [6.07, 6.45) is 1.66. The van der Waals surface area contributed by atoms with Crippen molar-refractivity contribution in [3.8, 4) is 6.07 Å². The van der Waals surface area contributed by atoms with Gasteiger partial charge in [-0.15, -0.1) is 0 Å². The van der Waals surface area contributed by atoms with Crippen molar-refractivity contribution in [2.45, 2.75) is 12.8 Å². The first-order valence-corrected chi connectivity index (χ1v) is 3.72. The van der Waals surface area contributed by atoms with Crippen LogP contribution in [0.1, 0.15) is 12.3 Å². The predicted octanol–water partition coefficient (Wildman–Crippen LogP) is -0.358. The molecule has 1 aromatic rings. The van der Waals surface area contributed by atoms with Crippen molar-refractivity contribution in [3.63, 3.8) is 0 Å². The van der Waals surface area contributed by atoms with Gasteiger partial charge in [0.15, 0.2) is 6.33 Å². The van der Waals surface area contributed by atoms with Crippen molar-refractivity contribution in [2.75, 3.05) is 6.54 Å². The second kappa shape index (κ2) is 4.87. The molecule has 0 aliphatic rings. The summed E-state index contributed by atoms with van der Waals surface area (Å²) < 4.78 is 4.70. The molecule has 0 bridgehead atoms. The Morgan fingerprint density at radius 1 is 1.77 bits per heavy atom. The molecule has 0 radical (unpaired) electrons. The highest BCUT2D eigenvalue weighted by molar-refractivity contribution is 5.77. The smallest absolute Gasteiger partial charge is 0.234 e. The first kappa shape index (κ1) is 9.19. The summed E-state index contributed by atoms with van der Waals surface area (Å²) in [4.78, 5) is 14.5. The maximum Gasteiger partial charge on any atom is 0.234 e. The molecule has 1 N–H and O–H groups in total. The zero-order chi connectivity index (χ0) is 9.52. The predicted molar refractivity (Wildman–Crippen MR) is 41.2 cm³/mol. The highest BCUT2D eigenvalue weighted by atomic mass is 16.5. The first-order chi connectivity index (χ1) is 6.33. The molecule has 6 nitrogen and oxygen atoms in total. The summed E-state index contributed by atoms with van der Waals surface area (Å²) in [6, 6.07) is 1.75. The van der Waals surface area contributed by atoms with Gasteiger partial charge in [0, 0.05) is 13.0 Å². The maximum absolute atomic E-state index is 10.8. The van der Waals surface area contributed by atoms with E-state index in [2.05, 4.69) is 15.5 Å². The van der Waals surface area contributed by atoms with Gasteiger partial charge in [-0.2, -0.15) is 10.2 Å². The summed E-state index contributed by atoms with van der Waals surface area (Å²) in [5.41, 5.74) is 0.